The predicted molar refractivity (Wildman–Crippen MR) is 64.7 cm³/mol. The summed E-state index contributed by atoms with van der Waals surface area (Å²) in [5, 5.41) is 5.53. The lowest BCUT2D eigenvalue weighted by Crippen LogP contribution is -2.24. The highest BCUT2D eigenvalue weighted by Crippen LogP contribution is 2.20. The van der Waals surface area contributed by atoms with Crippen molar-refractivity contribution in [1.82, 2.24) is 5.32 Å². The fraction of sp³-hybridized carbons (Fsp3) is 0.417. The van der Waals surface area contributed by atoms with Crippen LogP contribution < -0.4 is 15.4 Å². The monoisotopic (exact) mass is 240 g/mol. The fourth-order valence-corrected chi connectivity index (χ4v) is 1.36. The minimum absolute atomic E-state index is 0.0525. The maximum atomic E-state index is 13.4. The third-order valence-corrected chi connectivity index (χ3v) is 2.21. The van der Waals surface area contributed by atoms with Crippen molar-refractivity contribution in [3.05, 3.63) is 24.0 Å². The van der Waals surface area contributed by atoms with E-state index >= 15 is 0 Å². The van der Waals surface area contributed by atoms with Gasteiger partial charge in [0.05, 0.1) is 12.8 Å². The molecular weight excluding hydrogens is 223 g/mol. The summed E-state index contributed by atoms with van der Waals surface area (Å²) in [7, 11) is 1.52. The molecule has 1 aromatic carbocycles. The standard InChI is InChI=1S/C12H17FN2O2/c1-3-14-12(16)6-7-15-11-8-9(17-2)4-5-10(11)13/h4-5,8,15H,3,6-7H2,1-2H3,(H,14,16). The van der Waals surface area contributed by atoms with E-state index in [2.05, 4.69) is 10.6 Å². The highest BCUT2D eigenvalue weighted by molar-refractivity contribution is 5.76. The Morgan fingerprint density at radius 2 is 2.24 bits per heavy atom. The molecule has 0 saturated heterocycles. The van der Waals surface area contributed by atoms with Crippen molar-refractivity contribution in [3.8, 4) is 5.75 Å². The Balaban J connectivity index is 2.48. The van der Waals surface area contributed by atoms with Crippen LogP contribution in [0.1, 0.15) is 13.3 Å². The molecule has 5 heteroatoms. The van der Waals surface area contributed by atoms with Crippen LogP contribution in [0.4, 0.5) is 10.1 Å². The quantitative estimate of drug-likeness (QED) is 0.796. The van der Waals surface area contributed by atoms with Gasteiger partial charge in [-0.15, -0.1) is 0 Å². The average molecular weight is 240 g/mol. The lowest BCUT2D eigenvalue weighted by molar-refractivity contribution is -0.120. The lowest BCUT2D eigenvalue weighted by Gasteiger charge is -2.09. The van der Waals surface area contributed by atoms with E-state index in [1.54, 1.807) is 12.1 Å². The normalized spacial score (nSPS) is 9.82. The maximum absolute atomic E-state index is 13.4. The van der Waals surface area contributed by atoms with E-state index in [1.807, 2.05) is 6.92 Å². The zero-order chi connectivity index (χ0) is 12.7. The first-order chi connectivity index (χ1) is 8.17. The van der Waals surface area contributed by atoms with Gasteiger partial charge in [-0.05, 0) is 19.1 Å². The van der Waals surface area contributed by atoms with E-state index in [4.69, 9.17) is 4.74 Å². The van der Waals surface area contributed by atoms with Crippen LogP contribution in [0.5, 0.6) is 5.75 Å². The number of ether oxygens (including phenoxy) is 1. The highest BCUT2D eigenvalue weighted by atomic mass is 19.1. The molecule has 0 aromatic heterocycles. The van der Waals surface area contributed by atoms with E-state index < -0.39 is 0 Å². The summed E-state index contributed by atoms with van der Waals surface area (Å²) in [6.45, 7) is 2.84. The van der Waals surface area contributed by atoms with Crippen LogP contribution in [0.2, 0.25) is 0 Å². The minimum Gasteiger partial charge on any atom is -0.497 e. The second-order valence-electron chi connectivity index (χ2n) is 3.48. The third kappa shape index (κ3) is 4.30. The Morgan fingerprint density at radius 3 is 2.88 bits per heavy atom. The van der Waals surface area contributed by atoms with Gasteiger partial charge >= 0.3 is 0 Å². The number of nitrogens with one attached hydrogen (secondary N) is 2. The number of amides is 1. The van der Waals surface area contributed by atoms with Crippen molar-refractivity contribution in [2.24, 2.45) is 0 Å². The topological polar surface area (TPSA) is 50.4 Å². The Kier molecular flexibility index (Phi) is 5.26. The van der Waals surface area contributed by atoms with Gasteiger partial charge in [-0.25, -0.2) is 4.39 Å². The minimum atomic E-state index is -0.360. The van der Waals surface area contributed by atoms with Crippen LogP contribution in [-0.2, 0) is 4.79 Å². The molecule has 0 atom stereocenters. The number of methoxy groups -OCH3 is 1. The van der Waals surface area contributed by atoms with Crippen LogP contribution in [0.25, 0.3) is 0 Å². The summed E-state index contributed by atoms with van der Waals surface area (Å²) < 4.78 is 18.3. The van der Waals surface area contributed by atoms with Gasteiger partial charge in [0.1, 0.15) is 11.6 Å². The zero-order valence-electron chi connectivity index (χ0n) is 10.0. The number of hydrogen-bond donors (Lipinski definition) is 2. The molecule has 0 bridgehead atoms. The van der Waals surface area contributed by atoms with Gasteiger partial charge in [-0.3, -0.25) is 4.79 Å². The molecule has 0 radical (unpaired) electrons. The molecule has 0 aliphatic heterocycles. The Morgan fingerprint density at radius 1 is 1.47 bits per heavy atom. The number of halogens is 1. The van der Waals surface area contributed by atoms with Gasteiger partial charge in [0.2, 0.25) is 5.91 Å². The molecule has 0 saturated carbocycles. The number of benzene rings is 1. The smallest absolute Gasteiger partial charge is 0.221 e. The molecule has 0 heterocycles. The van der Waals surface area contributed by atoms with Crippen LogP contribution in [0, 0.1) is 5.82 Å². The molecular formula is C12H17FN2O2. The SMILES string of the molecule is CCNC(=O)CCNc1cc(OC)ccc1F. The Labute approximate surface area is 100 Å². The van der Waals surface area contributed by atoms with Gasteiger partial charge in [0, 0.05) is 25.6 Å². The summed E-state index contributed by atoms with van der Waals surface area (Å²) in [6, 6.07) is 4.44. The molecule has 0 spiro atoms. The number of anilines is 1. The lowest BCUT2D eigenvalue weighted by atomic mass is 10.2. The van der Waals surface area contributed by atoms with Gasteiger partial charge < -0.3 is 15.4 Å². The molecule has 0 aliphatic carbocycles. The first-order valence-corrected chi connectivity index (χ1v) is 5.51. The number of hydrogen-bond acceptors (Lipinski definition) is 3. The first-order valence-electron chi connectivity index (χ1n) is 5.51. The van der Waals surface area contributed by atoms with E-state index in [0.29, 0.717) is 30.9 Å². The molecule has 1 amide bonds. The molecule has 0 aliphatic rings. The third-order valence-electron chi connectivity index (χ3n) is 2.21. The fourth-order valence-electron chi connectivity index (χ4n) is 1.36. The summed E-state index contributed by atoms with van der Waals surface area (Å²) >= 11 is 0. The van der Waals surface area contributed by atoms with Crippen molar-refractivity contribution in [1.29, 1.82) is 0 Å². The highest BCUT2D eigenvalue weighted by Gasteiger charge is 2.04. The van der Waals surface area contributed by atoms with Crippen LogP contribution in [0.15, 0.2) is 18.2 Å². The summed E-state index contributed by atoms with van der Waals surface area (Å²) in [5.74, 6) is 0.164. The number of carbonyl (C=O) groups is 1. The molecule has 4 nitrogen and oxygen atoms in total. The molecule has 94 valence electrons. The van der Waals surface area contributed by atoms with Crippen molar-refractivity contribution in [3.63, 3.8) is 0 Å². The molecule has 0 fully saturated rings. The summed E-state index contributed by atoms with van der Waals surface area (Å²) in [6.07, 6.45) is 0.310. The van der Waals surface area contributed by atoms with Crippen molar-refractivity contribution in [2.45, 2.75) is 13.3 Å². The largest absolute Gasteiger partial charge is 0.497 e. The van der Waals surface area contributed by atoms with Gasteiger partial charge in [0.15, 0.2) is 0 Å². The van der Waals surface area contributed by atoms with Crippen molar-refractivity contribution >= 4 is 11.6 Å². The summed E-state index contributed by atoms with van der Waals surface area (Å²) in [5.41, 5.74) is 0.341. The molecule has 1 aromatic rings. The van der Waals surface area contributed by atoms with E-state index in [1.165, 1.54) is 13.2 Å². The van der Waals surface area contributed by atoms with Gasteiger partial charge in [-0.2, -0.15) is 0 Å². The van der Waals surface area contributed by atoms with Gasteiger partial charge in [-0.1, -0.05) is 0 Å². The zero-order valence-corrected chi connectivity index (χ0v) is 10.0. The van der Waals surface area contributed by atoms with Gasteiger partial charge in [0.25, 0.3) is 0 Å². The van der Waals surface area contributed by atoms with E-state index in [9.17, 15) is 9.18 Å². The Hall–Kier alpha value is -1.78. The van der Waals surface area contributed by atoms with E-state index in [0.717, 1.165) is 0 Å². The van der Waals surface area contributed by atoms with Crippen molar-refractivity contribution < 1.29 is 13.9 Å². The average Bonchev–Trinajstić information content (AvgIpc) is 2.32. The van der Waals surface area contributed by atoms with Crippen LogP contribution in [0.3, 0.4) is 0 Å². The molecule has 1 rings (SSSR count). The molecule has 17 heavy (non-hydrogen) atoms. The second-order valence-corrected chi connectivity index (χ2v) is 3.48. The molecule has 0 unspecified atom stereocenters. The Bertz CT molecular complexity index is 383. The van der Waals surface area contributed by atoms with Crippen molar-refractivity contribution in [2.75, 3.05) is 25.5 Å². The molecule has 2 N–H and O–H groups in total. The second kappa shape index (κ2) is 6.73. The first kappa shape index (κ1) is 13.3. The summed E-state index contributed by atoms with van der Waals surface area (Å²) in [4.78, 5) is 11.2. The maximum Gasteiger partial charge on any atom is 0.221 e. The van der Waals surface area contributed by atoms with Crippen LogP contribution in [-0.4, -0.2) is 26.1 Å². The number of rotatable bonds is 6. The van der Waals surface area contributed by atoms with E-state index in [-0.39, 0.29) is 11.7 Å². The predicted octanol–water partition coefficient (Wildman–Crippen LogP) is 1.77. The number of carbonyl (C=O) groups excluding carboxylic acids is 1. The van der Waals surface area contributed by atoms with Crippen LogP contribution >= 0.6 is 0 Å².